The molecule has 1 unspecified atom stereocenters. The van der Waals surface area contributed by atoms with E-state index < -0.39 is 11.9 Å². The van der Waals surface area contributed by atoms with Gasteiger partial charge in [-0.2, -0.15) is 0 Å². The summed E-state index contributed by atoms with van der Waals surface area (Å²) in [7, 11) is 3.75. The Bertz CT molecular complexity index is 447. The van der Waals surface area contributed by atoms with Gasteiger partial charge in [0.05, 0.1) is 6.04 Å². The second kappa shape index (κ2) is 5.99. The van der Waals surface area contributed by atoms with Gasteiger partial charge in [-0.05, 0) is 45.6 Å². The SMILES string of the molecule is CN(C)C(C)(C)C(NN)c1cccc(OC(F)(F)F)c1. The molecule has 0 aromatic heterocycles. The maximum Gasteiger partial charge on any atom is 0.573 e. The van der Waals surface area contributed by atoms with Crippen LogP contribution in [0.2, 0.25) is 0 Å². The van der Waals surface area contributed by atoms with Crippen molar-refractivity contribution in [3.8, 4) is 5.75 Å². The van der Waals surface area contributed by atoms with E-state index in [0.29, 0.717) is 5.56 Å². The summed E-state index contributed by atoms with van der Waals surface area (Å²) in [6, 6.07) is 5.46. The molecule has 0 aliphatic rings. The van der Waals surface area contributed by atoms with Crippen LogP contribution in [-0.2, 0) is 0 Å². The molecule has 1 aromatic rings. The molecule has 1 rings (SSSR count). The first-order chi connectivity index (χ1) is 9.08. The number of hydrogen-bond donors (Lipinski definition) is 2. The number of benzene rings is 1. The van der Waals surface area contributed by atoms with E-state index in [4.69, 9.17) is 5.84 Å². The van der Waals surface area contributed by atoms with Crippen LogP contribution in [0.5, 0.6) is 5.75 Å². The molecule has 114 valence electrons. The standard InChI is InChI=1S/C13H20F3N3O/c1-12(2,19(3)4)11(18-17)9-6-5-7-10(8-9)20-13(14,15)16/h5-8,11,18H,17H2,1-4H3. The Balaban J connectivity index is 3.09. The summed E-state index contributed by atoms with van der Waals surface area (Å²) in [6.07, 6.45) is -4.71. The Kier molecular flexibility index (Phi) is 5.01. The van der Waals surface area contributed by atoms with Crippen LogP contribution in [0, 0.1) is 0 Å². The van der Waals surface area contributed by atoms with Gasteiger partial charge in [0, 0.05) is 5.54 Å². The molecule has 0 aliphatic carbocycles. The molecule has 7 heteroatoms. The maximum atomic E-state index is 12.2. The Labute approximate surface area is 116 Å². The first-order valence-electron chi connectivity index (χ1n) is 6.07. The molecule has 0 saturated carbocycles. The van der Waals surface area contributed by atoms with E-state index >= 15 is 0 Å². The Morgan fingerprint density at radius 2 is 1.85 bits per heavy atom. The molecule has 0 spiro atoms. The van der Waals surface area contributed by atoms with Crippen molar-refractivity contribution in [2.75, 3.05) is 14.1 Å². The van der Waals surface area contributed by atoms with Gasteiger partial charge >= 0.3 is 6.36 Å². The first-order valence-corrected chi connectivity index (χ1v) is 6.07. The van der Waals surface area contributed by atoms with E-state index in [2.05, 4.69) is 10.2 Å². The fourth-order valence-corrected chi connectivity index (χ4v) is 1.86. The number of nitrogens with zero attached hydrogens (tertiary/aromatic N) is 1. The lowest BCUT2D eigenvalue weighted by Gasteiger charge is -2.40. The van der Waals surface area contributed by atoms with Gasteiger partial charge in [-0.15, -0.1) is 13.2 Å². The van der Waals surface area contributed by atoms with Crippen molar-refractivity contribution in [1.29, 1.82) is 0 Å². The highest BCUT2D eigenvalue weighted by molar-refractivity contribution is 5.32. The summed E-state index contributed by atoms with van der Waals surface area (Å²) >= 11 is 0. The lowest BCUT2D eigenvalue weighted by molar-refractivity contribution is -0.274. The minimum Gasteiger partial charge on any atom is -0.406 e. The molecule has 0 bridgehead atoms. The van der Waals surface area contributed by atoms with Crippen LogP contribution < -0.4 is 16.0 Å². The molecule has 1 aromatic carbocycles. The second-order valence-corrected chi connectivity index (χ2v) is 5.27. The molecular formula is C13H20F3N3O. The molecule has 3 N–H and O–H groups in total. The van der Waals surface area contributed by atoms with Crippen LogP contribution in [0.25, 0.3) is 0 Å². The third kappa shape index (κ3) is 4.09. The van der Waals surface area contributed by atoms with Gasteiger partial charge in [0.1, 0.15) is 5.75 Å². The molecule has 0 heterocycles. The molecule has 0 fully saturated rings. The van der Waals surface area contributed by atoms with E-state index in [-0.39, 0.29) is 11.8 Å². The summed E-state index contributed by atoms with van der Waals surface area (Å²) in [5, 5.41) is 0. The lowest BCUT2D eigenvalue weighted by Crippen LogP contribution is -2.51. The fraction of sp³-hybridized carbons (Fsp3) is 0.538. The van der Waals surface area contributed by atoms with Gasteiger partial charge in [0.2, 0.25) is 0 Å². The van der Waals surface area contributed by atoms with E-state index in [1.54, 1.807) is 6.07 Å². The zero-order chi connectivity index (χ0) is 15.6. The quantitative estimate of drug-likeness (QED) is 0.646. The van der Waals surface area contributed by atoms with Gasteiger partial charge < -0.3 is 9.64 Å². The van der Waals surface area contributed by atoms with Crippen molar-refractivity contribution in [3.63, 3.8) is 0 Å². The number of alkyl halides is 3. The van der Waals surface area contributed by atoms with Crippen molar-refractivity contribution in [3.05, 3.63) is 29.8 Å². The van der Waals surface area contributed by atoms with Gasteiger partial charge in [-0.3, -0.25) is 11.3 Å². The fourth-order valence-electron chi connectivity index (χ4n) is 1.86. The molecular weight excluding hydrogens is 271 g/mol. The average molecular weight is 291 g/mol. The molecule has 0 radical (unpaired) electrons. The number of hydrazine groups is 1. The zero-order valence-electron chi connectivity index (χ0n) is 12.0. The van der Waals surface area contributed by atoms with Gasteiger partial charge in [0.25, 0.3) is 0 Å². The largest absolute Gasteiger partial charge is 0.573 e. The minimum absolute atomic E-state index is 0.259. The number of likely N-dealkylation sites (N-methyl/N-ethyl adjacent to an activating group) is 1. The van der Waals surface area contributed by atoms with E-state index in [1.807, 2.05) is 32.8 Å². The van der Waals surface area contributed by atoms with Crippen LogP contribution in [0.15, 0.2) is 24.3 Å². The van der Waals surface area contributed by atoms with Crippen LogP contribution >= 0.6 is 0 Å². The van der Waals surface area contributed by atoms with Gasteiger partial charge in [-0.1, -0.05) is 12.1 Å². The predicted molar refractivity (Wildman–Crippen MR) is 71.0 cm³/mol. The lowest BCUT2D eigenvalue weighted by atomic mass is 9.88. The normalized spacial score (nSPS) is 14.4. The minimum atomic E-state index is -4.71. The van der Waals surface area contributed by atoms with Crippen molar-refractivity contribution >= 4 is 0 Å². The molecule has 4 nitrogen and oxygen atoms in total. The Hall–Kier alpha value is -1.31. The van der Waals surface area contributed by atoms with Gasteiger partial charge in [-0.25, -0.2) is 0 Å². The van der Waals surface area contributed by atoms with E-state index in [9.17, 15) is 13.2 Å². The Morgan fingerprint density at radius 1 is 1.25 bits per heavy atom. The average Bonchev–Trinajstić information content (AvgIpc) is 2.27. The summed E-state index contributed by atoms with van der Waals surface area (Å²) < 4.78 is 40.7. The highest BCUT2D eigenvalue weighted by atomic mass is 19.4. The second-order valence-electron chi connectivity index (χ2n) is 5.27. The number of rotatable bonds is 5. The summed E-state index contributed by atoms with van der Waals surface area (Å²) in [4.78, 5) is 1.94. The molecule has 1 atom stereocenters. The van der Waals surface area contributed by atoms with Crippen LogP contribution in [0.3, 0.4) is 0 Å². The molecule has 0 amide bonds. The number of hydrogen-bond acceptors (Lipinski definition) is 4. The third-order valence-electron chi connectivity index (χ3n) is 3.45. The number of halogens is 3. The smallest absolute Gasteiger partial charge is 0.406 e. The topological polar surface area (TPSA) is 50.5 Å². The number of nitrogens with one attached hydrogen (secondary N) is 1. The summed E-state index contributed by atoms with van der Waals surface area (Å²) in [5.74, 6) is 5.31. The summed E-state index contributed by atoms with van der Waals surface area (Å²) in [5.41, 5.74) is 2.87. The van der Waals surface area contributed by atoms with Crippen LogP contribution in [0.4, 0.5) is 13.2 Å². The number of ether oxygens (including phenoxy) is 1. The van der Waals surface area contributed by atoms with Crippen molar-refractivity contribution in [2.24, 2.45) is 5.84 Å². The maximum absolute atomic E-state index is 12.2. The monoisotopic (exact) mass is 291 g/mol. The number of nitrogens with two attached hydrogens (primary N) is 1. The predicted octanol–water partition coefficient (Wildman–Crippen LogP) is 2.43. The molecule has 0 aliphatic heterocycles. The first kappa shape index (κ1) is 16.7. The highest BCUT2D eigenvalue weighted by Gasteiger charge is 2.34. The van der Waals surface area contributed by atoms with Gasteiger partial charge in [0.15, 0.2) is 0 Å². The summed E-state index contributed by atoms with van der Waals surface area (Å²) in [6.45, 7) is 3.88. The highest BCUT2D eigenvalue weighted by Crippen LogP contribution is 2.32. The van der Waals surface area contributed by atoms with E-state index in [0.717, 1.165) is 0 Å². The molecule has 0 saturated heterocycles. The third-order valence-corrected chi connectivity index (χ3v) is 3.45. The van der Waals surface area contributed by atoms with Crippen LogP contribution in [0.1, 0.15) is 25.5 Å². The van der Waals surface area contributed by atoms with Crippen LogP contribution in [-0.4, -0.2) is 30.9 Å². The van der Waals surface area contributed by atoms with Crippen molar-refractivity contribution in [2.45, 2.75) is 31.8 Å². The zero-order valence-corrected chi connectivity index (χ0v) is 12.0. The van der Waals surface area contributed by atoms with E-state index in [1.165, 1.54) is 18.2 Å². The molecule has 20 heavy (non-hydrogen) atoms. The van der Waals surface area contributed by atoms with Crippen molar-refractivity contribution < 1.29 is 17.9 Å². The van der Waals surface area contributed by atoms with Crippen molar-refractivity contribution in [1.82, 2.24) is 10.3 Å². The Morgan fingerprint density at radius 3 is 2.30 bits per heavy atom.